The summed E-state index contributed by atoms with van der Waals surface area (Å²) in [7, 11) is 3.28. The SMILES string of the molecule is CNC(=O)C(C)CN(C)C(=O)c1cc(Br)cc(Br)c1. The number of nitrogens with zero attached hydrogens (tertiary/aromatic N) is 1. The second kappa shape index (κ2) is 7.05. The monoisotopic (exact) mass is 390 g/mol. The minimum atomic E-state index is -0.241. The smallest absolute Gasteiger partial charge is 0.253 e. The second-order valence-electron chi connectivity index (χ2n) is 4.36. The Kier molecular flexibility index (Phi) is 6.00. The van der Waals surface area contributed by atoms with Crippen LogP contribution >= 0.6 is 31.9 Å². The molecular formula is C13H16Br2N2O2. The first kappa shape index (κ1) is 16.2. The van der Waals surface area contributed by atoms with Crippen LogP contribution in [-0.4, -0.2) is 37.4 Å². The van der Waals surface area contributed by atoms with Crippen molar-refractivity contribution in [2.75, 3.05) is 20.6 Å². The summed E-state index contributed by atoms with van der Waals surface area (Å²) < 4.78 is 1.66. The van der Waals surface area contributed by atoms with E-state index in [-0.39, 0.29) is 17.7 Å². The van der Waals surface area contributed by atoms with Crippen LogP contribution in [0.2, 0.25) is 0 Å². The van der Waals surface area contributed by atoms with Crippen molar-refractivity contribution in [3.05, 3.63) is 32.7 Å². The summed E-state index contributed by atoms with van der Waals surface area (Å²) in [6.45, 7) is 2.17. The van der Waals surface area contributed by atoms with Gasteiger partial charge >= 0.3 is 0 Å². The van der Waals surface area contributed by atoms with Gasteiger partial charge in [0.1, 0.15) is 0 Å². The van der Waals surface area contributed by atoms with Gasteiger partial charge in [-0.15, -0.1) is 0 Å². The van der Waals surface area contributed by atoms with Gasteiger partial charge in [-0.05, 0) is 18.2 Å². The van der Waals surface area contributed by atoms with Crippen molar-refractivity contribution in [1.82, 2.24) is 10.2 Å². The molecule has 0 spiro atoms. The molecule has 0 aliphatic carbocycles. The molecule has 0 aliphatic heterocycles. The predicted molar refractivity (Wildman–Crippen MR) is 82.0 cm³/mol. The minimum absolute atomic E-state index is 0.0740. The Bertz CT molecular complexity index is 471. The number of amides is 2. The van der Waals surface area contributed by atoms with Crippen LogP contribution in [0.25, 0.3) is 0 Å². The summed E-state index contributed by atoms with van der Waals surface area (Å²) in [5.74, 6) is -0.428. The predicted octanol–water partition coefficient (Wildman–Crippen LogP) is 2.67. The molecule has 1 unspecified atom stereocenters. The summed E-state index contributed by atoms with van der Waals surface area (Å²) in [6.07, 6.45) is 0. The maximum Gasteiger partial charge on any atom is 0.253 e. The Morgan fingerprint density at radius 2 is 1.79 bits per heavy atom. The highest BCUT2D eigenvalue weighted by Gasteiger charge is 2.18. The third-order valence-corrected chi connectivity index (χ3v) is 3.61. The molecule has 4 nitrogen and oxygen atoms in total. The van der Waals surface area contributed by atoms with Gasteiger partial charge in [-0.1, -0.05) is 38.8 Å². The highest BCUT2D eigenvalue weighted by molar-refractivity contribution is 9.11. The quantitative estimate of drug-likeness (QED) is 0.857. The number of carbonyl (C=O) groups is 2. The van der Waals surface area contributed by atoms with E-state index in [0.29, 0.717) is 12.1 Å². The van der Waals surface area contributed by atoms with Crippen LogP contribution in [0.4, 0.5) is 0 Å². The van der Waals surface area contributed by atoms with Gasteiger partial charge in [0.15, 0.2) is 0 Å². The van der Waals surface area contributed by atoms with Gasteiger partial charge in [0.2, 0.25) is 5.91 Å². The second-order valence-corrected chi connectivity index (χ2v) is 6.19. The number of halogens is 2. The van der Waals surface area contributed by atoms with Crippen molar-refractivity contribution in [2.24, 2.45) is 5.92 Å². The van der Waals surface area contributed by atoms with E-state index in [9.17, 15) is 9.59 Å². The molecule has 1 aromatic carbocycles. The molecule has 1 atom stereocenters. The van der Waals surface area contributed by atoms with Gasteiger partial charge in [0, 0.05) is 35.1 Å². The summed E-state index contributed by atoms with van der Waals surface area (Å²) in [4.78, 5) is 25.2. The normalized spacial score (nSPS) is 11.8. The number of hydrogen-bond donors (Lipinski definition) is 1. The van der Waals surface area contributed by atoms with Gasteiger partial charge in [-0.25, -0.2) is 0 Å². The summed E-state index contributed by atoms with van der Waals surface area (Å²) in [5, 5.41) is 2.58. The molecule has 1 rings (SSSR count). The van der Waals surface area contributed by atoms with E-state index in [0.717, 1.165) is 8.95 Å². The van der Waals surface area contributed by atoms with E-state index in [2.05, 4.69) is 37.2 Å². The van der Waals surface area contributed by atoms with Crippen LogP contribution in [0.1, 0.15) is 17.3 Å². The number of carbonyl (C=O) groups excluding carboxylic acids is 2. The maximum atomic E-state index is 12.2. The lowest BCUT2D eigenvalue weighted by atomic mass is 10.1. The van der Waals surface area contributed by atoms with Gasteiger partial charge in [-0.3, -0.25) is 9.59 Å². The molecule has 19 heavy (non-hydrogen) atoms. The molecule has 0 aromatic heterocycles. The van der Waals surface area contributed by atoms with Crippen molar-refractivity contribution in [3.63, 3.8) is 0 Å². The molecule has 1 N–H and O–H groups in total. The zero-order valence-electron chi connectivity index (χ0n) is 11.0. The fourth-order valence-electron chi connectivity index (χ4n) is 1.72. The number of rotatable bonds is 4. The highest BCUT2D eigenvalue weighted by atomic mass is 79.9. The molecule has 2 amide bonds. The molecule has 0 saturated heterocycles. The average Bonchev–Trinajstić information content (AvgIpc) is 2.35. The lowest BCUT2D eigenvalue weighted by Gasteiger charge is -2.21. The Balaban J connectivity index is 2.79. The molecule has 0 aliphatic rings. The molecule has 0 bridgehead atoms. The molecule has 0 heterocycles. The van der Waals surface area contributed by atoms with Crippen molar-refractivity contribution in [2.45, 2.75) is 6.92 Å². The van der Waals surface area contributed by atoms with E-state index in [1.807, 2.05) is 6.07 Å². The Hall–Kier alpha value is -0.880. The molecule has 0 saturated carbocycles. The number of benzene rings is 1. The van der Waals surface area contributed by atoms with Crippen molar-refractivity contribution in [1.29, 1.82) is 0 Å². The molecule has 1 aromatic rings. The first-order chi connectivity index (χ1) is 8.85. The Morgan fingerprint density at radius 3 is 2.26 bits per heavy atom. The fraction of sp³-hybridized carbons (Fsp3) is 0.385. The lowest BCUT2D eigenvalue weighted by Crippen LogP contribution is -2.37. The fourth-order valence-corrected chi connectivity index (χ4v) is 3.01. The lowest BCUT2D eigenvalue weighted by molar-refractivity contribution is -0.124. The third kappa shape index (κ3) is 4.62. The molecular weight excluding hydrogens is 376 g/mol. The molecule has 0 fully saturated rings. The summed E-state index contributed by atoms with van der Waals surface area (Å²) >= 11 is 6.70. The number of nitrogens with one attached hydrogen (secondary N) is 1. The summed E-state index contributed by atoms with van der Waals surface area (Å²) in [5.41, 5.74) is 0.577. The van der Waals surface area contributed by atoms with Crippen molar-refractivity contribution < 1.29 is 9.59 Å². The minimum Gasteiger partial charge on any atom is -0.359 e. The first-order valence-electron chi connectivity index (χ1n) is 5.78. The average molecular weight is 392 g/mol. The molecule has 104 valence electrons. The highest BCUT2D eigenvalue weighted by Crippen LogP contribution is 2.21. The van der Waals surface area contributed by atoms with E-state index in [4.69, 9.17) is 0 Å². The Labute approximate surface area is 129 Å². The van der Waals surface area contributed by atoms with Gasteiger partial charge < -0.3 is 10.2 Å². The maximum absolute atomic E-state index is 12.2. The zero-order valence-corrected chi connectivity index (χ0v) is 14.2. The molecule has 0 radical (unpaired) electrons. The van der Waals surface area contributed by atoms with Crippen LogP contribution in [0.15, 0.2) is 27.1 Å². The van der Waals surface area contributed by atoms with Crippen LogP contribution in [0.5, 0.6) is 0 Å². The third-order valence-electron chi connectivity index (χ3n) is 2.70. The van der Waals surface area contributed by atoms with E-state index in [1.165, 1.54) is 0 Å². The van der Waals surface area contributed by atoms with E-state index >= 15 is 0 Å². The zero-order chi connectivity index (χ0) is 14.6. The summed E-state index contributed by atoms with van der Waals surface area (Å²) in [6, 6.07) is 5.38. The van der Waals surface area contributed by atoms with E-state index in [1.54, 1.807) is 38.1 Å². The van der Waals surface area contributed by atoms with E-state index < -0.39 is 0 Å². The van der Waals surface area contributed by atoms with Crippen LogP contribution in [0.3, 0.4) is 0 Å². The van der Waals surface area contributed by atoms with Crippen LogP contribution in [-0.2, 0) is 4.79 Å². The van der Waals surface area contributed by atoms with Crippen LogP contribution < -0.4 is 5.32 Å². The van der Waals surface area contributed by atoms with Gasteiger partial charge in [0.25, 0.3) is 5.91 Å². The molecule has 6 heteroatoms. The van der Waals surface area contributed by atoms with Crippen LogP contribution in [0, 0.1) is 5.92 Å². The largest absolute Gasteiger partial charge is 0.359 e. The topological polar surface area (TPSA) is 49.4 Å². The standard InChI is InChI=1S/C13H16Br2N2O2/c1-8(12(18)16-2)7-17(3)13(19)9-4-10(14)6-11(15)5-9/h4-6,8H,7H2,1-3H3,(H,16,18). The van der Waals surface area contributed by atoms with Crippen molar-refractivity contribution in [3.8, 4) is 0 Å². The van der Waals surface area contributed by atoms with Crippen molar-refractivity contribution >= 4 is 43.7 Å². The first-order valence-corrected chi connectivity index (χ1v) is 7.37. The van der Waals surface area contributed by atoms with Gasteiger partial charge in [-0.2, -0.15) is 0 Å². The number of hydrogen-bond acceptors (Lipinski definition) is 2. The van der Waals surface area contributed by atoms with Gasteiger partial charge in [0.05, 0.1) is 5.92 Å². The Morgan fingerprint density at radius 1 is 1.26 bits per heavy atom.